The number of hydrogen-bond donors (Lipinski definition) is 2. The summed E-state index contributed by atoms with van der Waals surface area (Å²) in [6.07, 6.45) is 3.31. The monoisotopic (exact) mass is 276 g/mol. The maximum Gasteiger partial charge on any atom is 0.239 e. The molecule has 6 nitrogen and oxygen atoms in total. The fourth-order valence-electron chi connectivity index (χ4n) is 2.35. The van der Waals surface area contributed by atoms with E-state index in [2.05, 4.69) is 0 Å². The molecule has 1 amide bonds. The van der Waals surface area contributed by atoms with Gasteiger partial charge >= 0.3 is 0 Å². The molecule has 2 fully saturated rings. The zero-order chi connectivity index (χ0) is 13.6. The first kappa shape index (κ1) is 13.8. The molecule has 2 aliphatic rings. The summed E-state index contributed by atoms with van der Waals surface area (Å²) >= 11 is 0. The van der Waals surface area contributed by atoms with Crippen LogP contribution in [0.5, 0.6) is 0 Å². The Bertz CT molecular complexity index is 438. The number of hydrogen-bond acceptors (Lipinski definition) is 5. The molecule has 18 heavy (non-hydrogen) atoms. The molecular weight excluding hydrogens is 256 g/mol. The molecule has 1 saturated heterocycles. The third kappa shape index (κ3) is 3.02. The van der Waals surface area contributed by atoms with Crippen LogP contribution in [0.25, 0.3) is 0 Å². The number of β-amino-alcohol motifs (C(OH)–C–C–N with tert-alkyl or cyclic N) is 1. The standard InChI is InChI=1S/C11H20N2O4S/c1-18(16,17)5-4-9(12)10(14)13-6-11(15,7-13)8-2-3-8/h8-9,15H,2-7,12H2,1H3. The first-order valence-corrected chi connectivity index (χ1v) is 8.22. The van der Waals surface area contributed by atoms with Gasteiger partial charge in [-0.15, -0.1) is 0 Å². The third-order valence-electron chi connectivity index (χ3n) is 3.70. The first-order chi connectivity index (χ1) is 8.21. The van der Waals surface area contributed by atoms with Crippen molar-refractivity contribution in [3.8, 4) is 0 Å². The Morgan fingerprint density at radius 1 is 1.50 bits per heavy atom. The lowest BCUT2D eigenvalue weighted by Gasteiger charge is -2.47. The number of nitrogens with two attached hydrogens (primary N) is 1. The number of carbonyl (C=O) groups excluding carboxylic acids is 1. The fourth-order valence-corrected chi connectivity index (χ4v) is 3.03. The Morgan fingerprint density at radius 2 is 2.06 bits per heavy atom. The molecular formula is C11H20N2O4S. The normalized spacial score (nSPS) is 24.5. The molecule has 1 saturated carbocycles. The molecule has 0 aromatic rings. The summed E-state index contributed by atoms with van der Waals surface area (Å²) in [6, 6.07) is -0.788. The SMILES string of the molecule is CS(=O)(=O)CCC(N)C(=O)N1CC(O)(C2CC2)C1. The van der Waals surface area contributed by atoms with Crippen molar-refractivity contribution in [2.75, 3.05) is 25.1 Å². The molecule has 2 rings (SSSR count). The lowest BCUT2D eigenvalue weighted by atomic mass is 9.88. The highest BCUT2D eigenvalue weighted by atomic mass is 32.2. The van der Waals surface area contributed by atoms with Crippen molar-refractivity contribution in [1.82, 2.24) is 4.90 Å². The number of carbonyl (C=O) groups is 1. The largest absolute Gasteiger partial charge is 0.386 e. The predicted octanol–water partition coefficient (Wildman–Crippen LogP) is -1.27. The van der Waals surface area contributed by atoms with Gasteiger partial charge in [-0.05, 0) is 25.2 Å². The molecule has 1 aliphatic carbocycles. The molecule has 7 heteroatoms. The zero-order valence-corrected chi connectivity index (χ0v) is 11.3. The van der Waals surface area contributed by atoms with Gasteiger partial charge in [0.2, 0.25) is 5.91 Å². The highest BCUT2D eigenvalue weighted by molar-refractivity contribution is 7.90. The summed E-state index contributed by atoms with van der Waals surface area (Å²) in [5.74, 6) is -0.0153. The van der Waals surface area contributed by atoms with Crippen molar-refractivity contribution in [3.05, 3.63) is 0 Å². The van der Waals surface area contributed by atoms with Crippen LogP contribution in [0.3, 0.4) is 0 Å². The van der Waals surface area contributed by atoms with Gasteiger partial charge in [0.05, 0.1) is 24.9 Å². The molecule has 1 heterocycles. The van der Waals surface area contributed by atoms with Crippen molar-refractivity contribution >= 4 is 15.7 Å². The van der Waals surface area contributed by atoms with E-state index in [-0.39, 0.29) is 18.1 Å². The Labute approximate surface area is 107 Å². The third-order valence-corrected chi connectivity index (χ3v) is 4.67. The molecule has 104 valence electrons. The van der Waals surface area contributed by atoms with Crippen molar-refractivity contribution in [2.24, 2.45) is 11.7 Å². The van der Waals surface area contributed by atoms with Crippen molar-refractivity contribution in [3.63, 3.8) is 0 Å². The zero-order valence-electron chi connectivity index (χ0n) is 10.5. The van der Waals surface area contributed by atoms with Crippen LogP contribution in [0.15, 0.2) is 0 Å². The second-order valence-electron chi connectivity index (χ2n) is 5.60. The second-order valence-corrected chi connectivity index (χ2v) is 7.86. The van der Waals surface area contributed by atoms with Gasteiger partial charge in [0.15, 0.2) is 0 Å². The van der Waals surface area contributed by atoms with Gasteiger partial charge in [-0.1, -0.05) is 0 Å². The van der Waals surface area contributed by atoms with E-state index in [1.54, 1.807) is 0 Å². The number of sulfone groups is 1. The average Bonchev–Trinajstić information content (AvgIpc) is 3.03. The maximum atomic E-state index is 11.9. The smallest absolute Gasteiger partial charge is 0.239 e. The molecule has 0 radical (unpaired) electrons. The molecule has 0 spiro atoms. The van der Waals surface area contributed by atoms with Gasteiger partial charge in [0, 0.05) is 6.26 Å². The van der Waals surface area contributed by atoms with Gasteiger partial charge in [0.1, 0.15) is 15.4 Å². The van der Waals surface area contributed by atoms with Crippen LogP contribution in [0.1, 0.15) is 19.3 Å². The Kier molecular flexibility index (Phi) is 3.42. The van der Waals surface area contributed by atoms with Crippen LogP contribution in [-0.4, -0.2) is 61.1 Å². The highest BCUT2D eigenvalue weighted by Crippen LogP contribution is 2.44. The molecule has 0 aromatic carbocycles. The second kappa shape index (κ2) is 4.47. The Hall–Kier alpha value is -0.660. The molecule has 0 aromatic heterocycles. The number of aliphatic hydroxyl groups is 1. The van der Waals surface area contributed by atoms with E-state index in [1.807, 2.05) is 0 Å². The summed E-state index contributed by atoms with van der Waals surface area (Å²) in [5.41, 5.74) is 4.96. The van der Waals surface area contributed by atoms with Crippen LogP contribution in [-0.2, 0) is 14.6 Å². The Morgan fingerprint density at radius 3 is 2.50 bits per heavy atom. The molecule has 0 bridgehead atoms. The van der Waals surface area contributed by atoms with E-state index in [4.69, 9.17) is 5.73 Å². The molecule has 1 unspecified atom stereocenters. The van der Waals surface area contributed by atoms with Crippen LogP contribution in [0.2, 0.25) is 0 Å². The van der Waals surface area contributed by atoms with E-state index < -0.39 is 21.5 Å². The van der Waals surface area contributed by atoms with Crippen LogP contribution < -0.4 is 5.73 Å². The van der Waals surface area contributed by atoms with E-state index in [9.17, 15) is 18.3 Å². The van der Waals surface area contributed by atoms with Gasteiger partial charge < -0.3 is 15.7 Å². The summed E-state index contributed by atoms with van der Waals surface area (Å²) in [4.78, 5) is 13.4. The van der Waals surface area contributed by atoms with Crippen molar-refractivity contribution < 1.29 is 18.3 Å². The lowest BCUT2D eigenvalue weighted by molar-refractivity contribution is -0.160. The molecule has 3 N–H and O–H groups in total. The van der Waals surface area contributed by atoms with Gasteiger partial charge in [-0.3, -0.25) is 4.79 Å². The van der Waals surface area contributed by atoms with E-state index in [0.717, 1.165) is 19.1 Å². The minimum atomic E-state index is -3.09. The van der Waals surface area contributed by atoms with Crippen LogP contribution in [0, 0.1) is 5.92 Å². The van der Waals surface area contributed by atoms with Gasteiger partial charge in [-0.2, -0.15) is 0 Å². The first-order valence-electron chi connectivity index (χ1n) is 6.16. The topological polar surface area (TPSA) is 101 Å². The number of amides is 1. The summed E-state index contributed by atoms with van der Waals surface area (Å²) < 4.78 is 22.0. The van der Waals surface area contributed by atoms with Gasteiger partial charge in [-0.25, -0.2) is 8.42 Å². The number of likely N-dealkylation sites (tertiary alicyclic amines) is 1. The van der Waals surface area contributed by atoms with E-state index >= 15 is 0 Å². The summed E-state index contributed by atoms with van der Waals surface area (Å²) in [6.45, 7) is 0.673. The maximum absolute atomic E-state index is 11.9. The fraction of sp³-hybridized carbons (Fsp3) is 0.909. The lowest BCUT2D eigenvalue weighted by Crippen LogP contribution is -2.67. The quantitative estimate of drug-likeness (QED) is 0.652. The summed E-state index contributed by atoms with van der Waals surface area (Å²) in [5, 5.41) is 10.1. The van der Waals surface area contributed by atoms with Crippen LogP contribution >= 0.6 is 0 Å². The van der Waals surface area contributed by atoms with E-state index in [1.165, 1.54) is 4.90 Å². The van der Waals surface area contributed by atoms with Crippen molar-refractivity contribution in [1.29, 1.82) is 0 Å². The summed E-state index contributed by atoms with van der Waals surface area (Å²) in [7, 11) is -3.09. The molecule has 1 atom stereocenters. The van der Waals surface area contributed by atoms with E-state index in [0.29, 0.717) is 19.0 Å². The Balaban J connectivity index is 1.78. The highest BCUT2D eigenvalue weighted by Gasteiger charge is 2.53. The van der Waals surface area contributed by atoms with Crippen LogP contribution in [0.4, 0.5) is 0 Å². The number of rotatable bonds is 5. The minimum Gasteiger partial charge on any atom is -0.386 e. The predicted molar refractivity (Wildman–Crippen MR) is 66.6 cm³/mol. The van der Waals surface area contributed by atoms with Gasteiger partial charge in [0.25, 0.3) is 0 Å². The molecule has 1 aliphatic heterocycles. The number of nitrogens with zero attached hydrogens (tertiary/aromatic N) is 1. The average molecular weight is 276 g/mol. The minimum absolute atomic E-state index is 0.0827. The van der Waals surface area contributed by atoms with Crippen molar-refractivity contribution in [2.45, 2.75) is 30.9 Å².